The van der Waals surface area contributed by atoms with Crippen LogP contribution in [0.15, 0.2) is 30.5 Å². The molecule has 0 bridgehead atoms. The summed E-state index contributed by atoms with van der Waals surface area (Å²) in [5.74, 6) is 0.831. The zero-order valence-corrected chi connectivity index (χ0v) is 11.0. The lowest BCUT2D eigenvalue weighted by atomic mass is 9.93. The van der Waals surface area contributed by atoms with Crippen LogP contribution >= 0.6 is 0 Å². The number of hydrogen-bond donors (Lipinski definition) is 1. The fraction of sp³-hybridized carbons (Fsp3) is 0.500. The summed E-state index contributed by atoms with van der Waals surface area (Å²) in [5, 5.41) is 2.75. The van der Waals surface area contributed by atoms with Gasteiger partial charge in [-0.05, 0) is 17.7 Å². The van der Waals surface area contributed by atoms with E-state index in [9.17, 15) is 0 Å². The largest absolute Gasteiger partial charge is 0.364 e. The van der Waals surface area contributed by atoms with Gasteiger partial charge < -0.3 is 4.98 Å². The van der Waals surface area contributed by atoms with E-state index in [0.29, 0.717) is 0 Å². The van der Waals surface area contributed by atoms with E-state index in [1.807, 2.05) is 0 Å². The van der Waals surface area contributed by atoms with Crippen LogP contribution in [0, 0.1) is 5.92 Å². The predicted molar refractivity (Wildman–Crippen MR) is 75.3 cm³/mol. The first-order valence-electron chi connectivity index (χ1n) is 6.90. The van der Waals surface area contributed by atoms with Crippen molar-refractivity contribution in [2.24, 2.45) is 5.92 Å². The topological polar surface area (TPSA) is 15.8 Å². The molecule has 1 atom stereocenters. The predicted octanol–water partition coefficient (Wildman–Crippen LogP) is 4.93. The molecular weight excluding hydrogens is 206 g/mol. The van der Waals surface area contributed by atoms with Crippen LogP contribution in [0.25, 0.3) is 10.8 Å². The fourth-order valence-electron chi connectivity index (χ4n) is 2.54. The first-order chi connectivity index (χ1) is 8.35. The van der Waals surface area contributed by atoms with Crippen molar-refractivity contribution >= 4 is 10.8 Å². The van der Waals surface area contributed by atoms with Crippen LogP contribution < -0.4 is 0 Å². The van der Waals surface area contributed by atoms with Crippen LogP contribution in [0.5, 0.6) is 0 Å². The number of rotatable bonds is 6. The summed E-state index contributed by atoms with van der Waals surface area (Å²) in [6, 6.07) is 8.65. The van der Waals surface area contributed by atoms with Gasteiger partial charge in [0.15, 0.2) is 0 Å². The number of nitrogens with one attached hydrogen (secondary N) is 1. The Balaban J connectivity index is 2.11. The minimum atomic E-state index is 0.831. The standard InChI is InChI=1S/C16H23N/c1-3-5-8-13(4-2)11-16-15-10-7-6-9-14(15)12-17-16/h6-7,9-10,12-13,17H,3-5,8,11H2,1-2H3. The second kappa shape index (κ2) is 5.90. The summed E-state index contributed by atoms with van der Waals surface area (Å²) in [6.07, 6.45) is 8.65. The van der Waals surface area contributed by atoms with Gasteiger partial charge in [-0.15, -0.1) is 0 Å². The van der Waals surface area contributed by atoms with E-state index in [2.05, 4.69) is 49.3 Å². The third-order valence-corrected chi connectivity index (χ3v) is 3.72. The molecule has 0 radical (unpaired) electrons. The Morgan fingerprint density at radius 2 is 2.00 bits per heavy atom. The lowest BCUT2D eigenvalue weighted by molar-refractivity contribution is 0.447. The summed E-state index contributed by atoms with van der Waals surface area (Å²) in [5.41, 5.74) is 1.42. The summed E-state index contributed by atoms with van der Waals surface area (Å²) in [6.45, 7) is 4.59. The molecule has 1 N–H and O–H groups in total. The van der Waals surface area contributed by atoms with Crippen molar-refractivity contribution in [3.05, 3.63) is 36.2 Å². The van der Waals surface area contributed by atoms with Crippen molar-refractivity contribution in [3.63, 3.8) is 0 Å². The van der Waals surface area contributed by atoms with Gasteiger partial charge in [-0.3, -0.25) is 0 Å². The number of benzene rings is 1. The van der Waals surface area contributed by atoms with Crippen molar-refractivity contribution in [2.75, 3.05) is 0 Å². The molecule has 1 aromatic carbocycles. The van der Waals surface area contributed by atoms with Crippen molar-refractivity contribution in [3.8, 4) is 0 Å². The van der Waals surface area contributed by atoms with E-state index in [1.54, 1.807) is 0 Å². The summed E-state index contributed by atoms with van der Waals surface area (Å²) in [7, 11) is 0. The molecule has 0 aliphatic rings. The quantitative estimate of drug-likeness (QED) is 0.723. The Bertz CT molecular complexity index is 455. The van der Waals surface area contributed by atoms with Gasteiger partial charge in [0.1, 0.15) is 0 Å². The molecule has 0 aliphatic carbocycles. The molecule has 1 nitrogen and oxygen atoms in total. The van der Waals surface area contributed by atoms with E-state index < -0.39 is 0 Å². The number of aromatic nitrogens is 1. The molecule has 0 amide bonds. The normalized spacial score (nSPS) is 13.1. The van der Waals surface area contributed by atoms with Crippen molar-refractivity contribution in [1.82, 2.24) is 4.98 Å². The average Bonchev–Trinajstić information content (AvgIpc) is 2.78. The highest BCUT2D eigenvalue weighted by molar-refractivity contribution is 5.85. The van der Waals surface area contributed by atoms with E-state index in [0.717, 1.165) is 5.92 Å². The number of H-pyrrole nitrogens is 1. The highest BCUT2D eigenvalue weighted by atomic mass is 14.7. The Labute approximate surface area is 104 Å². The maximum atomic E-state index is 3.45. The van der Waals surface area contributed by atoms with Gasteiger partial charge in [-0.25, -0.2) is 0 Å². The molecule has 0 saturated heterocycles. The minimum Gasteiger partial charge on any atom is -0.364 e. The number of fused-ring (bicyclic) bond motifs is 1. The molecule has 1 heteroatoms. The van der Waals surface area contributed by atoms with Gasteiger partial charge in [0.25, 0.3) is 0 Å². The Morgan fingerprint density at radius 1 is 1.18 bits per heavy atom. The molecule has 1 heterocycles. The van der Waals surface area contributed by atoms with E-state index in [1.165, 1.54) is 48.6 Å². The monoisotopic (exact) mass is 229 g/mol. The molecule has 2 aromatic rings. The fourth-order valence-corrected chi connectivity index (χ4v) is 2.54. The summed E-state index contributed by atoms with van der Waals surface area (Å²) in [4.78, 5) is 3.45. The van der Waals surface area contributed by atoms with E-state index >= 15 is 0 Å². The highest BCUT2D eigenvalue weighted by Crippen LogP contribution is 2.24. The number of unbranched alkanes of at least 4 members (excludes halogenated alkanes) is 1. The Kier molecular flexibility index (Phi) is 4.24. The average molecular weight is 229 g/mol. The molecule has 2 rings (SSSR count). The second-order valence-electron chi connectivity index (χ2n) is 4.98. The van der Waals surface area contributed by atoms with Crippen molar-refractivity contribution in [1.29, 1.82) is 0 Å². The Hall–Kier alpha value is -1.24. The molecule has 0 saturated carbocycles. The number of hydrogen-bond acceptors (Lipinski definition) is 0. The SMILES string of the molecule is CCCCC(CC)Cc1[nH]cc2ccccc12. The smallest absolute Gasteiger partial charge is 0.0229 e. The van der Waals surface area contributed by atoms with E-state index in [4.69, 9.17) is 0 Å². The first-order valence-corrected chi connectivity index (χ1v) is 6.90. The molecule has 1 aromatic heterocycles. The Morgan fingerprint density at radius 3 is 2.76 bits per heavy atom. The first kappa shape index (κ1) is 12.2. The lowest BCUT2D eigenvalue weighted by Crippen LogP contribution is -2.03. The summed E-state index contributed by atoms with van der Waals surface area (Å²) >= 11 is 0. The van der Waals surface area contributed by atoms with Crippen LogP contribution in [0.3, 0.4) is 0 Å². The molecule has 0 fully saturated rings. The maximum Gasteiger partial charge on any atom is 0.0229 e. The molecule has 0 spiro atoms. The number of aromatic amines is 1. The van der Waals surface area contributed by atoms with Gasteiger partial charge in [0, 0.05) is 17.3 Å². The van der Waals surface area contributed by atoms with Gasteiger partial charge in [-0.1, -0.05) is 63.8 Å². The molecule has 92 valence electrons. The van der Waals surface area contributed by atoms with E-state index in [-0.39, 0.29) is 0 Å². The molecular formula is C16H23N. The molecule has 1 unspecified atom stereocenters. The zero-order valence-electron chi connectivity index (χ0n) is 11.0. The third kappa shape index (κ3) is 2.91. The minimum absolute atomic E-state index is 0.831. The van der Waals surface area contributed by atoms with Crippen molar-refractivity contribution in [2.45, 2.75) is 46.0 Å². The second-order valence-corrected chi connectivity index (χ2v) is 4.98. The molecule has 17 heavy (non-hydrogen) atoms. The third-order valence-electron chi connectivity index (χ3n) is 3.72. The van der Waals surface area contributed by atoms with Gasteiger partial charge >= 0.3 is 0 Å². The van der Waals surface area contributed by atoms with Crippen LogP contribution in [-0.2, 0) is 6.42 Å². The van der Waals surface area contributed by atoms with Crippen LogP contribution in [-0.4, -0.2) is 4.98 Å². The van der Waals surface area contributed by atoms with Gasteiger partial charge in [0.05, 0.1) is 0 Å². The summed E-state index contributed by atoms with van der Waals surface area (Å²) < 4.78 is 0. The molecule has 0 aliphatic heterocycles. The zero-order chi connectivity index (χ0) is 12.1. The lowest BCUT2D eigenvalue weighted by Gasteiger charge is -2.13. The van der Waals surface area contributed by atoms with Crippen LogP contribution in [0.2, 0.25) is 0 Å². The highest BCUT2D eigenvalue weighted by Gasteiger charge is 2.10. The van der Waals surface area contributed by atoms with Gasteiger partial charge in [-0.2, -0.15) is 0 Å². The van der Waals surface area contributed by atoms with Gasteiger partial charge in [0.2, 0.25) is 0 Å². The maximum absolute atomic E-state index is 3.45. The van der Waals surface area contributed by atoms with Crippen molar-refractivity contribution < 1.29 is 0 Å². The van der Waals surface area contributed by atoms with Crippen LogP contribution in [0.4, 0.5) is 0 Å². The van der Waals surface area contributed by atoms with Crippen LogP contribution in [0.1, 0.15) is 45.2 Å².